The summed E-state index contributed by atoms with van der Waals surface area (Å²) in [5, 5.41) is 3.42. The fraction of sp³-hybridized carbons (Fsp3) is 0.500. The Labute approximate surface area is 51.8 Å². The van der Waals surface area contributed by atoms with Crippen LogP contribution in [0.4, 0.5) is 0 Å². The summed E-state index contributed by atoms with van der Waals surface area (Å²) in [6.45, 7) is 0.246. The average molecular weight is 129 g/mol. The molecule has 0 fully saturated rings. The molecule has 50 valence electrons. The molecular weight excluding hydrogens is 122 g/mol. The Bertz CT molecular complexity index is 167. The lowest BCUT2D eigenvalue weighted by molar-refractivity contribution is 0.326. The minimum Gasteiger partial charge on any atom is -0.465 e. The molecule has 0 amide bonds. The summed E-state index contributed by atoms with van der Waals surface area (Å²) in [6.07, 6.45) is 0. The third-order valence-electron chi connectivity index (χ3n) is 0.807. The van der Waals surface area contributed by atoms with Gasteiger partial charge in [0, 0.05) is 0 Å². The van der Waals surface area contributed by atoms with Crippen molar-refractivity contribution in [2.45, 2.75) is 6.54 Å². The van der Waals surface area contributed by atoms with E-state index in [2.05, 4.69) is 19.4 Å². The standard InChI is InChI=1S/C4H7N3O2/c1-8-4-6-3(2-5)9-7-4/h2,5H2,1H3. The van der Waals surface area contributed by atoms with Gasteiger partial charge in [0.1, 0.15) is 0 Å². The summed E-state index contributed by atoms with van der Waals surface area (Å²) >= 11 is 0. The molecule has 0 aliphatic carbocycles. The van der Waals surface area contributed by atoms with Crippen LogP contribution in [0, 0.1) is 0 Å². The highest BCUT2D eigenvalue weighted by atomic mass is 16.5. The third-order valence-corrected chi connectivity index (χ3v) is 0.807. The molecule has 0 saturated carbocycles. The summed E-state index contributed by atoms with van der Waals surface area (Å²) in [4.78, 5) is 3.72. The number of nitrogens with two attached hydrogens (primary N) is 1. The maximum Gasteiger partial charge on any atom is 0.354 e. The smallest absolute Gasteiger partial charge is 0.354 e. The first-order valence-electron chi connectivity index (χ1n) is 2.43. The lowest BCUT2D eigenvalue weighted by atomic mass is 10.7. The Morgan fingerprint density at radius 3 is 2.89 bits per heavy atom. The van der Waals surface area contributed by atoms with Crippen LogP contribution >= 0.6 is 0 Å². The van der Waals surface area contributed by atoms with Crippen LogP contribution in [0.3, 0.4) is 0 Å². The zero-order chi connectivity index (χ0) is 6.69. The molecule has 9 heavy (non-hydrogen) atoms. The van der Waals surface area contributed by atoms with E-state index in [1.54, 1.807) is 0 Å². The van der Waals surface area contributed by atoms with Gasteiger partial charge in [-0.3, -0.25) is 0 Å². The van der Waals surface area contributed by atoms with Gasteiger partial charge in [-0.05, 0) is 5.16 Å². The number of hydrogen-bond donors (Lipinski definition) is 1. The Morgan fingerprint density at radius 1 is 1.78 bits per heavy atom. The summed E-state index contributed by atoms with van der Waals surface area (Å²) in [5.74, 6) is 0.381. The number of aromatic nitrogens is 2. The number of methoxy groups -OCH3 is 1. The highest BCUT2D eigenvalue weighted by Gasteiger charge is 2.01. The summed E-state index contributed by atoms with van der Waals surface area (Å²) in [5.41, 5.74) is 5.17. The van der Waals surface area contributed by atoms with E-state index < -0.39 is 0 Å². The number of rotatable bonds is 2. The molecule has 5 nitrogen and oxygen atoms in total. The minimum absolute atomic E-state index is 0.218. The first-order valence-corrected chi connectivity index (χ1v) is 2.43. The first-order chi connectivity index (χ1) is 4.36. The molecule has 0 bridgehead atoms. The van der Waals surface area contributed by atoms with E-state index in [0.29, 0.717) is 5.89 Å². The van der Waals surface area contributed by atoms with Crippen LogP contribution in [0.1, 0.15) is 5.89 Å². The normalized spacial score (nSPS) is 9.56. The second-order valence-corrected chi connectivity index (χ2v) is 1.38. The predicted molar refractivity (Wildman–Crippen MR) is 28.7 cm³/mol. The zero-order valence-electron chi connectivity index (χ0n) is 5.00. The van der Waals surface area contributed by atoms with Crippen molar-refractivity contribution in [3.63, 3.8) is 0 Å². The quantitative estimate of drug-likeness (QED) is 0.584. The maximum atomic E-state index is 5.17. The van der Waals surface area contributed by atoms with E-state index in [-0.39, 0.29) is 12.6 Å². The monoisotopic (exact) mass is 129 g/mol. The van der Waals surface area contributed by atoms with Gasteiger partial charge < -0.3 is 15.0 Å². The van der Waals surface area contributed by atoms with Crippen molar-refractivity contribution < 1.29 is 9.26 Å². The molecule has 1 rings (SSSR count). The second kappa shape index (κ2) is 2.45. The summed E-state index contributed by atoms with van der Waals surface area (Å²) < 4.78 is 9.22. The van der Waals surface area contributed by atoms with Crippen molar-refractivity contribution in [2.24, 2.45) is 5.73 Å². The maximum absolute atomic E-state index is 5.17. The minimum atomic E-state index is 0.218. The topological polar surface area (TPSA) is 74.2 Å². The average Bonchev–Trinajstić information content (AvgIpc) is 2.34. The molecule has 1 aromatic heterocycles. The molecule has 0 unspecified atom stereocenters. The van der Waals surface area contributed by atoms with Crippen molar-refractivity contribution >= 4 is 0 Å². The highest BCUT2D eigenvalue weighted by Crippen LogP contribution is 2.01. The van der Waals surface area contributed by atoms with Crippen LogP contribution in [-0.4, -0.2) is 17.3 Å². The summed E-state index contributed by atoms with van der Waals surface area (Å²) in [7, 11) is 1.46. The van der Waals surface area contributed by atoms with Crippen molar-refractivity contribution in [3.8, 4) is 6.01 Å². The van der Waals surface area contributed by atoms with Crippen LogP contribution < -0.4 is 10.5 Å². The molecule has 1 heterocycles. The van der Waals surface area contributed by atoms with Gasteiger partial charge in [0.05, 0.1) is 13.7 Å². The third kappa shape index (κ3) is 1.17. The van der Waals surface area contributed by atoms with Gasteiger partial charge in [-0.1, -0.05) is 0 Å². The van der Waals surface area contributed by atoms with Gasteiger partial charge >= 0.3 is 6.01 Å². The Balaban J connectivity index is 2.74. The zero-order valence-corrected chi connectivity index (χ0v) is 5.00. The van der Waals surface area contributed by atoms with Gasteiger partial charge in [0.2, 0.25) is 5.89 Å². The van der Waals surface area contributed by atoms with E-state index in [1.807, 2.05) is 0 Å². The predicted octanol–water partition coefficient (Wildman–Crippen LogP) is -0.463. The molecule has 5 heteroatoms. The largest absolute Gasteiger partial charge is 0.465 e. The molecular formula is C4H7N3O2. The van der Waals surface area contributed by atoms with Crippen LogP contribution in [0.2, 0.25) is 0 Å². The van der Waals surface area contributed by atoms with Crippen molar-refractivity contribution in [2.75, 3.05) is 7.11 Å². The van der Waals surface area contributed by atoms with E-state index in [4.69, 9.17) is 5.73 Å². The van der Waals surface area contributed by atoms with E-state index in [0.717, 1.165) is 0 Å². The van der Waals surface area contributed by atoms with E-state index in [9.17, 15) is 0 Å². The number of ether oxygens (including phenoxy) is 1. The molecule has 2 N–H and O–H groups in total. The molecule has 0 aliphatic rings. The van der Waals surface area contributed by atoms with Crippen molar-refractivity contribution in [1.29, 1.82) is 0 Å². The number of nitrogens with zero attached hydrogens (tertiary/aromatic N) is 2. The molecule has 0 aliphatic heterocycles. The second-order valence-electron chi connectivity index (χ2n) is 1.38. The molecule has 0 atom stereocenters. The van der Waals surface area contributed by atoms with Gasteiger partial charge in [-0.2, -0.15) is 4.98 Å². The molecule has 1 aromatic rings. The molecule has 0 radical (unpaired) electrons. The van der Waals surface area contributed by atoms with Gasteiger partial charge in [-0.15, -0.1) is 0 Å². The highest BCUT2D eigenvalue weighted by molar-refractivity contribution is 4.89. The van der Waals surface area contributed by atoms with E-state index in [1.165, 1.54) is 7.11 Å². The first kappa shape index (κ1) is 6.03. The molecule has 0 spiro atoms. The SMILES string of the molecule is COc1noc(CN)n1. The van der Waals surface area contributed by atoms with Gasteiger partial charge in [0.15, 0.2) is 0 Å². The Hall–Kier alpha value is -1.10. The summed E-state index contributed by atoms with van der Waals surface area (Å²) in [6, 6.07) is 0.218. The van der Waals surface area contributed by atoms with Crippen LogP contribution in [0.25, 0.3) is 0 Å². The molecule has 0 saturated heterocycles. The Kier molecular flexibility index (Phi) is 1.64. The van der Waals surface area contributed by atoms with E-state index >= 15 is 0 Å². The van der Waals surface area contributed by atoms with Crippen LogP contribution in [0.15, 0.2) is 4.52 Å². The van der Waals surface area contributed by atoms with Gasteiger partial charge in [-0.25, -0.2) is 0 Å². The van der Waals surface area contributed by atoms with Gasteiger partial charge in [0.25, 0.3) is 0 Å². The fourth-order valence-corrected chi connectivity index (χ4v) is 0.405. The molecule has 0 aromatic carbocycles. The van der Waals surface area contributed by atoms with Crippen LogP contribution in [-0.2, 0) is 6.54 Å². The van der Waals surface area contributed by atoms with Crippen LogP contribution in [0.5, 0.6) is 6.01 Å². The lowest BCUT2D eigenvalue weighted by Crippen LogP contribution is -1.95. The Morgan fingerprint density at radius 2 is 2.56 bits per heavy atom. The van der Waals surface area contributed by atoms with Crippen molar-refractivity contribution in [1.82, 2.24) is 10.1 Å². The van der Waals surface area contributed by atoms with Crippen molar-refractivity contribution in [3.05, 3.63) is 5.89 Å². The number of hydrogen-bond acceptors (Lipinski definition) is 5. The lowest BCUT2D eigenvalue weighted by Gasteiger charge is -1.82. The fourth-order valence-electron chi connectivity index (χ4n) is 0.405.